The van der Waals surface area contributed by atoms with Gasteiger partial charge in [-0.25, -0.2) is 9.78 Å². The van der Waals surface area contributed by atoms with Gasteiger partial charge in [0.2, 0.25) is 0 Å². The molecule has 0 spiro atoms. The third-order valence-electron chi connectivity index (χ3n) is 6.30. The molecule has 10 heteroatoms. The Bertz CT molecular complexity index is 1470. The number of aromatic nitrogens is 2. The van der Waals surface area contributed by atoms with Crippen LogP contribution in [-0.4, -0.2) is 28.3 Å². The Hall–Kier alpha value is -3.40. The van der Waals surface area contributed by atoms with Gasteiger partial charge in [-0.15, -0.1) is 11.3 Å². The molecule has 208 valence electrons. The first-order valence-electron chi connectivity index (χ1n) is 12.7. The first-order valence-corrected chi connectivity index (χ1v) is 13.5. The number of rotatable bonds is 9. The summed E-state index contributed by atoms with van der Waals surface area (Å²) in [5.41, 5.74) is 1.89. The van der Waals surface area contributed by atoms with Crippen LogP contribution in [0.15, 0.2) is 40.9 Å². The molecule has 0 bridgehead atoms. The maximum Gasteiger partial charge on any atom is 0.416 e. The predicted octanol–water partition coefficient (Wildman–Crippen LogP) is 7.91. The maximum atomic E-state index is 13.0. The molecule has 4 aromatic rings. The van der Waals surface area contributed by atoms with Gasteiger partial charge in [-0.05, 0) is 70.2 Å². The van der Waals surface area contributed by atoms with E-state index in [1.165, 1.54) is 23.5 Å². The number of benzene rings is 2. The number of esters is 1. The SMILES string of the molecule is CCOC(=O)C(C)(C)Oc1cc2onc(CCc3sc(-c4ccc(C(F)(F)F)cc4)nc3C(C)C)c2cc1C. The highest BCUT2D eigenvalue weighted by atomic mass is 32.1. The number of carbonyl (C=O) groups is 1. The molecule has 0 saturated carbocycles. The van der Waals surface area contributed by atoms with E-state index >= 15 is 0 Å². The van der Waals surface area contributed by atoms with Gasteiger partial charge in [0.15, 0.2) is 11.2 Å². The minimum Gasteiger partial charge on any atom is -0.476 e. The van der Waals surface area contributed by atoms with Crippen LogP contribution in [0.2, 0.25) is 0 Å². The van der Waals surface area contributed by atoms with Gasteiger partial charge in [0.25, 0.3) is 0 Å². The second-order valence-corrected chi connectivity index (χ2v) is 11.2. The number of hydrogen-bond acceptors (Lipinski definition) is 7. The number of thiazole rings is 1. The minimum absolute atomic E-state index is 0.151. The predicted molar refractivity (Wildman–Crippen MR) is 144 cm³/mol. The Morgan fingerprint density at radius 3 is 2.41 bits per heavy atom. The first kappa shape index (κ1) is 28.6. The number of nitrogens with zero attached hydrogens (tertiary/aromatic N) is 2. The van der Waals surface area contributed by atoms with Crippen LogP contribution in [0.5, 0.6) is 5.75 Å². The van der Waals surface area contributed by atoms with Crippen LogP contribution >= 0.6 is 11.3 Å². The van der Waals surface area contributed by atoms with E-state index in [1.54, 1.807) is 26.8 Å². The van der Waals surface area contributed by atoms with E-state index in [9.17, 15) is 18.0 Å². The summed E-state index contributed by atoms with van der Waals surface area (Å²) in [6, 6.07) is 8.76. The molecular formula is C29H31F3N2O4S. The zero-order valence-electron chi connectivity index (χ0n) is 22.7. The normalized spacial score (nSPS) is 12.4. The Labute approximate surface area is 229 Å². The molecule has 0 aliphatic rings. The van der Waals surface area contributed by atoms with Crippen molar-refractivity contribution in [1.29, 1.82) is 0 Å². The van der Waals surface area contributed by atoms with Gasteiger partial charge >= 0.3 is 12.1 Å². The van der Waals surface area contributed by atoms with E-state index in [0.717, 1.165) is 39.3 Å². The monoisotopic (exact) mass is 560 g/mol. The molecule has 2 heterocycles. The molecule has 2 aromatic carbocycles. The molecule has 0 amide bonds. The van der Waals surface area contributed by atoms with Gasteiger partial charge in [0.1, 0.15) is 10.8 Å². The fraction of sp³-hybridized carbons (Fsp3) is 0.414. The van der Waals surface area contributed by atoms with Crippen LogP contribution in [0.3, 0.4) is 0 Å². The number of hydrogen-bond donors (Lipinski definition) is 0. The lowest BCUT2D eigenvalue weighted by molar-refractivity contribution is -0.158. The summed E-state index contributed by atoms with van der Waals surface area (Å²) in [6.45, 7) is 11.3. The molecule has 6 nitrogen and oxygen atoms in total. The molecular weight excluding hydrogens is 529 g/mol. The molecule has 0 atom stereocenters. The number of alkyl halides is 3. The number of ether oxygens (including phenoxy) is 2. The van der Waals surface area contributed by atoms with Crippen molar-refractivity contribution in [2.24, 2.45) is 0 Å². The van der Waals surface area contributed by atoms with Crippen molar-refractivity contribution in [3.8, 4) is 16.3 Å². The van der Waals surface area contributed by atoms with Gasteiger partial charge in [-0.1, -0.05) is 31.1 Å². The maximum absolute atomic E-state index is 13.0. The smallest absolute Gasteiger partial charge is 0.416 e. The summed E-state index contributed by atoms with van der Waals surface area (Å²) >= 11 is 1.49. The highest BCUT2D eigenvalue weighted by molar-refractivity contribution is 7.15. The van der Waals surface area contributed by atoms with Crippen molar-refractivity contribution < 1.29 is 32.0 Å². The average Bonchev–Trinajstić information content (AvgIpc) is 3.46. The van der Waals surface area contributed by atoms with E-state index in [0.29, 0.717) is 34.7 Å². The molecule has 0 fully saturated rings. The van der Waals surface area contributed by atoms with E-state index in [2.05, 4.69) is 5.16 Å². The van der Waals surface area contributed by atoms with Crippen molar-refractivity contribution in [1.82, 2.24) is 10.1 Å². The van der Waals surface area contributed by atoms with Gasteiger partial charge in [-0.3, -0.25) is 0 Å². The van der Waals surface area contributed by atoms with Gasteiger partial charge < -0.3 is 14.0 Å². The lowest BCUT2D eigenvalue weighted by Gasteiger charge is -2.25. The zero-order chi connectivity index (χ0) is 28.5. The van der Waals surface area contributed by atoms with Crippen molar-refractivity contribution in [2.45, 2.75) is 72.1 Å². The lowest BCUT2D eigenvalue weighted by Crippen LogP contribution is -2.39. The van der Waals surface area contributed by atoms with Crippen LogP contribution in [0.25, 0.3) is 21.5 Å². The van der Waals surface area contributed by atoms with E-state index in [-0.39, 0.29) is 12.5 Å². The molecule has 0 radical (unpaired) electrons. The van der Waals surface area contributed by atoms with Crippen molar-refractivity contribution >= 4 is 28.3 Å². The van der Waals surface area contributed by atoms with Gasteiger partial charge in [0.05, 0.1) is 23.6 Å². The number of aryl methyl sites for hydroxylation is 3. The highest BCUT2D eigenvalue weighted by Crippen LogP contribution is 2.36. The lowest BCUT2D eigenvalue weighted by atomic mass is 10.0. The third-order valence-corrected chi connectivity index (χ3v) is 7.48. The summed E-state index contributed by atoms with van der Waals surface area (Å²) in [5.74, 6) is 0.205. The molecule has 0 aliphatic heterocycles. The highest BCUT2D eigenvalue weighted by Gasteiger charge is 2.33. The van der Waals surface area contributed by atoms with Crippen molar-refractivity contribution in [2.75, 3.05) is 6.61 Å². The summed E-state index contributed by atoms with van der Waals surface area (Å²) < 4.78 is 55.6. The van der Waals surface area contributed by atoms with E-state index in [1.807, 2.05) is 26.8 Å². The third kappa shape index (κ3) is 6.27. The average molecular weight is 561 g/mol. The molecule has 0 aliphatic carbocycles. The molecule has 0 unspecified atom stereocenters. The molecule has 4 rings (SSSR count). The summed E-state index contributed by atoms with van der Waals surface area (Å²) in [5, 5.41) is 5.82. The fourth-order valence-electron chi connectivity index (χ4n) is 4.19. The van der Waals surface area contributed by atoms with Crippen molar-refractivity contribution in [3.63, 3.8) is 0 Å². The Balaban J connectivity index is 1.55. The standard InChI is InChI=1S/C29H31F3N2O4S/c1-7-36-27(35)28(5,6)37-22-15-23-20(14-17(22)4)21(34-38-23)12-13-24-25(16(2)3)33-26(39-24)18-8-10-19(11-9-18)29(30,31)32/h8-11,14-16H,7,12-13H2,1-6H3. The van der Waals surface area contributed by atoms with Crippen LogP contribution in [0.1, 0.15) is 67.9 Å². The van der Waals surface area contributed by atoms with Crippen LogP contribution < -0.4 is 4.74 Å². The Kier molecular flexibility index (Phi) is 8.07. The minimum atomic E-state index is -4.38. The topological polar surface area (TPSA) is 74.5 Å². The van der Waals surface area contributed by atoms with Crippen LogP contribution in [0.4, 0.5) is 13.2 Å². The molecule has 0 saturated heterocycles. The van der Waals surface area contributed by atoms with Gasteiger partial charge in [0, 0.05) is 21.9 Å². The molecule has 39 heavy (non-hydrogen) atoms. The van der Waals surface area contributed by atoms with Crippen LogP contribution in [0, 0.1) is 6.92 Å². The summed E-state index contributed by atoms with van der Waals surface area (Å²) in [7, 11) is 0. The quantitative estimate of drug-likeness (QED) is 0.194. The van der Waals surface area contributed by atoms with Crippen LogP contribution in [-0.2, 0) is 28.5 Å². The Morgan fingerprint density at radius 2 is 1.79 bits per heavy atom. The number of carbonyl (C=O) groups excluding carboxylic acids is 1. The van der Waals surface area contributed by atoms with E-state index in [4.69, 9.17) is 19.0 Å². The number of halogens is 3. The van der Waals surface area contributed by atoms with E-state index < -0.39 is 23.3 Å². The zero-order valence-corrected chi connectivity index (χ0v) is 23.5. The summed E-state index contributed by atoms with van der Waals surface area (Å²) in [6.07, 6.45) is -3.13. The second kappa shape index (κ2) is 11.0. The molecule has 2 aromatic heterocycles. The van der Waals surface area contributed by atoms with Crippen molar-refractivity contribution in [3.05, 3.63) is 63.8 Å². The first-order chi connectivity index (χ1) is 18.3. The second-order valence-electron chi connectivity index (χ2n) is 10.1. The molecule has 0 N–H and O–H groups in total. The summed E-state index contributed by atoms with van der Waals surface area (Å²) in [4.78, 5) is 18.1. The van der Waals surface area contributed by atoms with Gasteiger partial charge in [-0.2, -0.15) is 13.2 Å². The fourth-order valence-corrected chi connectivity index (χ4v) is 5.41. The Morgan fingerprint density at radius 1 is 1.10 bits per heavy atom. The number of fused-ring (bicyclic) bond motifs is 1. The largest absolute Gasteiger partial charge is 0.476 e.